The van der Waals surface area contributed by atoms with E-state index in [1.807, 2.05) is 0 Å². The van der Waals surface area contributed by atoms with Crippen LogP contribution in [0.15, 0.2) is 34.9 Å². The summed E-state index contributed by atoms with van der Waals surface area (Å²) in [5, 5.41) is 6.83. The maximum absolute atomic E-state index is 13.4. The first-order valence-electron chi connectivity index (χ1n) is 8.27. The van der Waals surface area contributed by atoms with Gasteiger partial charge in [-0.1, -0.05) is 22.6 Å². The van der Waals surface area contributed by atoms with E-state index in [-0.39, 0.29) is 11.6 Å². The third kappa shape index (κ3) is 3.59. The summed E-state index contributed by atoms with van der Waals surface area (Å²) in [7, 11) is 0. The summed E-state index contributed by atoms with van der Waals surface area (Å²) in [4.78, 5) is 31.7. The molecule has 7 nitrogen and oxygen atoms in total. The van der Waals surface area contributed by atoms with E-state index in [4.69, 9.17) is 4.52 Å². The summed E-state index contributed by atoms with van der Waals surface area (Å²) in [5.74, 6) is -0.516. The Morgan fingerprint density at radius 1 is 1.33 bits per heavy atom. The van der Waals surface area contributed by atoms with Crippen LogP contribution in [0.4, 0.5) is 9.52 Å². The van der Waals surface area contributed by atoms with Crippen molar-refractivity contribution in [3.8, 4) is 0 Å². The second-order valence-electron chi connectivity index (χ2n) is 6.15. The Bertz CT molecular complexity index is 1030. The van der Waals surface area contributed by atoms with Gasteiger partial charge in [0.1, 0.15) is 11.6 Å². The number of nitrogens with one attached hydrogen (secondary N) is 1. The van der Waals surface area contributed by atoms with Crippen molar-refractivity contribution in [2.45, 2.75) is 19.9 Å². The Balaban J connectivity index is 1.47. The number of halogens is 1. The third-order valence-electron chi connectivity index (χ3n) is 4.17. The smallest absolute Gasteiger partial charge is 0.279 e. The monoisotopic (exact) mass is 386 g/mol. The highest BCUT2D eigenvalue weighted by Gasteiger charge is 2.26. The van der Waals surface area contributed by atoms with Crippen LogP contribution in [0, 0.1) is 12.7 Å². The van der Waals surface area contributed by atoms with Gasteiger partial charge in [0, 0.05) is 29.5 Å². The number of aryl methyl sites for hydroxylation is 1. The summed E-state index contributed by atoms with van der Waals surface area (Å²) in [5.41, 5.74) is 1.36. The molecule has 2 amide bonds. The molecule has 3 aromatic rings. The van der Waals surface area contributed by atoms with E-state index >= 15 is 0 Å². The molecule has 0 atom stereocenters. The highest BCUT2D eigenvalue weighted by molar-refractivity contribution is 7.15. The van der Waals surface area contributed by atoms with Crippen LogP contribution >= 0.6 is 11.3 Å². The topological polar surface area (TPSA) is 88.3 Å². The number of carbonyl (C=O) groups is 2. The molecule has 2 aromatic heterocycles. The molecule has 3 heterocycles. The predicted molar refractivity (Wildman–Crippen MR) is 96.2 cm³/mol. The number of fused-ring (bicyclic) bond motifs is 1. The normalized spacial score (nSPS) is 13.3. The number of benzene rings is 1. The molecular formula is C18H15FN4O3S. The number of hydrogen-bond donors (Lipinski definition) is 1. The van der Waals surface area contributed by atoms with Crippen LogP contribution in [0.1, 0.15) is 37.2 Å². The zero-order valence-electron chi connectivity index (χ0n) is 14.4. The van der Waals surface area contributed by atoms with Crippen molar-refractivity contribution >= 4 is 28.3 Å². The van der Waals surface area contributed by atoms with E-state index in [1.54, 1.807) is 24.0 Å². The van der Waals surface area contributed by atoms with Crippen molar-refractivity contribution in [1.29, 1.82) is 0 Å². The number of amides is 2. The largest absolute Gasteiger partial charge is 0.361 e. The summed E-state index contributed by atoms with van der Waals surface area (Å²) in [6.07, 6.45) is 0.575. The predicted octanol–water partition coefficient (Wildman–Crippen LogP) is 3.03. The first-order valence-corrected chi connectivity index (χ1v) is 9.09. The molecule has 1 aliphatic rings. The van der Waals surface area contributed by atoms with Gasteiger partial charge >= 0.3 is 0 Å². The van der Waals surface area contributed by atoms with E-state index in [2.05, 4.69) is 15.5 Å². The van der Waals surface area contributed by atoms with Crippen LogP contribution in [0.5, 0.6) is 0 Å². The van der Waals surface area contributed by atoms with Crippen molar-refractivity contribution in [1.82, 2.24) is 15.0 Å². The van der Waals surface area contributed by atoms with Crippen molar-refractivity contribution in [2.75, 3.05) is 11.9 Å². The lowest BCUT2D eigenvalue weighted by Gasteiger charge is -2.26. The maximum atomic E-state index is 13.4. The molecular weight excluding hydrogens is 371 g/mol. The van der Waals surface area contributed by atoms with Crippen molar-refractivity contribution in [3.05, 3.63) is 63.7 Å². The molecule has 1 aliphatic heterocycles. The van der Waals surface area contributed by atoms with E-state index in [9.17, 15) is 14.0 Å². The average molecular weight is 386 g/mol. The van der Waals surface area contributed by atoms with Crippen molar-refractivity contribution in [2.24, 2.45) is 0 Å². The average Bonchev–Trinajstić information content (AvgIpc) is 3.26. The van der Waals surface area contributed by atoms with Crippen LogP contribution in [-0.2, 0) is 13.0 Å². The fourth-order valence-corrected chi connectivity index (χ4v) is 3.88. The van der Waals surface area contributed by atoms with E-state index < -0.39 is 11.7 Å². The minimum absolute atomic E-state index is 0.184. The summed E-state index contributed by atoms with van der Waals surface area (Å²) in [6.45, 7) is 2.57. The molecule has 0 bridgehead atoms. The number of thiazole rings is 1. The second-order valence-corrected chi connectivity index (χ2v) is 7.24. The van der Waals surface area contributed by atoms with Gasteiger partial charge in [-0.15, -0.1) is 0 Å². The third-order valence-corrected chi connectivity index (χ3v) is 5.17. The molecule has 138 valence electrons. The quantitative estimate of drug-likeness (QED) is 0.747. The van der Waals surface area contributed by atoms with Gasteiger partial charge in [-0.2, -0.15) is 0 Å². The lowest BCUT2D eigenvalue weighted by atomic mass is 10.1. The molecule has 0 aliphatic carbocycles. The molecule has 9 heteroatoms. The highest BCUT2D eigenvalue weighted by Crippen LogP contribution is 2.29. The minimum atomic E-state index is -0.440. The van der Waals surface area contributed by atoms with Gasteiger partial charge in [-0.05, 0) is 25.1 Å². The first kappa shape index (κ1) is 17.3. The van der Waals surface area contributed by atoms with Gasteiger partial charge in [-0.25, -0.2) is 9.37 Å². The van der Waals surface area contributed by atoms with Gasteiger partial charge < -0.3 is 9.42 Å². The van der Waals surface area contributed by atoms with E-state index in [0.29, 0.717) is 36.0 Å². The Kier molecular flexibility index (Phi) is 4.44. The van der Waals surface area contributed by atoms with E-state index in [1.165, 1.54) is 29.5 Å². The Morgan fingerprint density at radius 2 is 2.19 bits per heavy atom. The van der Waals surface area contributed by atoms with E-state index in [0.717, 1.165) is 10.6 Å². The summed E-state index contributed by atoms with van der Waals surface area (Å²) in [6, 6.07) is 7.20. The number of rotatable bonds is 3. The van der Waals surface area contributed by atoms with Crippen molar-refractivity contribution < 1.29 is 18.5 Å². The number of nitrogens with zero attached hydrogens (tertiary/aromatic N) is 3. The zero-order valence-corrected chi connectivity index (χ0v) is 15.2. The molecule has 0 fully saturated rings. The summed E-state index contributed by atoms with van der Waals surface area (Å²) < 4.78 is 18.3. The van der Waals surface area contributed by atoms with Crippen LogP contribution in [0.25, 0.3) is 0 Å². The molecule has 0 unspecified atom stereocenters. The molecule has 0 saturated carbocycles. The Morgan fingerprint density at radius 3 is 2.93 bits per heavy atom. The fraction of sp³-hybridized carbons (Fsp3) is 0.222. The zero-order chi connectivity index (χ0) is 19.0. The molecule has 0 radical (unpaired) electrons. The van der Waals surface area contributed by atoms with Gasteiger partial charge in [0.25, 0.3) is 11.8 Å². The second kappa shape index (κ2) is 6.92. The molecule has 4 rings (SSSR count). The molecule has 1 aromatic carbocycles. The standard InChI is InChI=1S/C18H15FN4O3S/c1-10-7-14(22-26-10)16(24)21-18-20-13-5-6-23(9-15(13)27-18)17(25)11-3-2-4-12(19)8-11/h2-4,7-8H,5-6,9H2,1H3,(H,20,21,24). The minimum Gasteiger partial charge on any atom is -0.361 e. The lowest BCUT2D eigenvalue weighted by molar-refractivity contribution is 0.0735. The number of aromatic nitrogens is 2. The highest BCUT2D eigenvalue weighted by atomic mass is 32.1. The molecule has 0 saturated heterocycles. The van der Waals surface area contributed by atoms with Gasteiger partial charge in [0.15, 0.2) is 10.8 Å². The molecule has 1 N–H and O–H groups in total. The Labute approximate surface area is 157 Å². The van der Waals surface area contributed by atoms with Gasteiger partial charge in [-0.3, -0.25) is 14.9 Å². The summed E-state index contributed by atoms with van der Waals surface area (Å²) >= 11 is 1.32. The Hall–Kier alpha value is -3.07. The van der Waals surface area contributed by atoms with Crippen LogP contribution in [-0.4, -0.2) is 33.4 Å². The van der Waals surface area contributed by atoms with Gasteiger partial charge in [0.05, 0.1) is 12.2 Å². The number of anilines is 1. The first-order chi connectivity index (χ1) is 13.0. The van der Waals surface area contributed by atoms with Crippen LogP contribution in [0.3, 0.4) is 0 Å². The van der Waals surface area contributed by atoms with Crippen LogP contribution in [0.2, 0.25) is 0 Å². The maximum Gasteiger partial charge on any atom is 0.279 e. The number of hydrogen-bond acceptors (Lipinski definition) is 6. The SMILES string of the molecule is Cc1cc(C(=O)Nc2nc3c(s2)CN(C(=O)c2cccc(F)c2)CC3)no1. The molecule has 0 spiro atoms. The number of carbonyl (C=O) groups excluding carboxylic acids is 2. The fourth-order valence-electron chi connectivity index (χ4n) is 2.86. The van der Waals surface area contributed by atoms with Crippen LogP contribution < -0.4 is 5.32 Å². The van der Waals surface area contributed by atoms with Crippen molar-refractivity contribution in [3.63, 3.8) is 0 Å². The lowest BCUT2D eigenvalue weighted by Crippen LogP contribution is -2.35. The molecule has 27 heavy (non-hydrogen) atoms. The van der Waals surface area contributed by atoms with Gasteiger partial charge in [0.2, 0.25) is 0 Å².